The zero-order chi connectivity index (χ0) is 15.9. The first-order valence-corrected chi connectivity index (χ1v) is 10.1. The quantitative estimate of drug-likeness (QED) is 0.540. The Morgan fingerprint density at radius 3 is 2.05 bits per heavy atom. The number of rotatable bonds is 3. The molecule has 0 spiro atoms. The molecule has 2 aromatic rings. The summed E-state index contributed by atoms with van der Waals surface area (Å²) in [7, 11) is 8.58. The minimum absolute atomic E-state index is 1.00. The van der Waals surface area contributed by atoms with Gasteiger partial charge >= 0.3 is 0 Å². The molecule has 3 atom stereocenters. The molecule has 0 N–H and O–H groups in total. The number of allylic oxidation sites excluding steroid dienone is 1. The summed E-state index contributed by atoms with van der Waals surface area (Å²) >= 11 is 0. The van der Waals surface area contributed by atoms with Crippen LogP contribution >= 0.6 is 27.7 Å². The van der Waals surface area contributed by atoms with Crippen molar-refractivity contribution in [3.63, 3.8) is 0 Å². The van der Waals surface area contributed by atoms with Gasteiger partial charge in [-0.3, -0.25) is 0 Å². The molecule has 0 aliphatic heterocycles. The molecule has 0 fully saturated rings. The molecule has 22 heavy (non-hydrogen) atoms. The van der Waals surface area contributed by atoms with E-state index in [1.807, 2.05) is 0 Å². The van der Waals surface area contributed by atoms with E-state index in [1.54, 1.807) is 0 Å². The van der Waals surface area contributed by atoms with E-state index in [2.05, 4.69) is 71.9 Å². The van der Waals surface area contributed by atoms with Crippen LogP contribution in [0.3, 0.4) is 0 Å². The molecule has 1 aliphatic carbocycles. The third-order valence-electron chi connectivity index (χ3n) is 4.36. The largest absolute Gasteiger partial charge is 0.133 e. The average Bonchev–Trinajstić information content (AvgIpc) is 2.87. The fourth-order valence-corrected chi connectivity index (χ4v) is 4.18. The van der Waals surface area contributed by atoms with Crippen molar-refractivity contribution in [1.29, 1.82) is 0 Å². The topological polar surface area (TPSA) is 0 Å². The van der Waals surface area contributed by atoms with Gasteiger partial charge in [-0.05, 0) is 76.9 Å². The average molecular weight is 344 g/mol. The van der Waals surface area contributed by atoms with Crippen LogP contribution in [0.2, 0.25) is 0 Å². The lowest BCUT2D eigenvalue weighted by Gasteiger charge is -2.12. The van der Waals surface area contributed by atoms with E-state index in [0.717, 1.165) is 18.5 Å². The second-order valence-corrected chi connectivity index (χ2v) is 7.27. The van der Waals surface area contributed by atoms with Gasteiger partial charge < -0.3 is 0 Å². The molecule has 3 heteroatoms. The smallest absolute Gasteiger partial charge is 0.00639 e. The van der Waals surface area contributed by atoms with Crippen molar-refractivity contribution >= 4 is 33.3 Å². The van der Waals surface area contributed by atoms with Crippen LogP contribution in [0.1, 0.15) is 41.7 Å². The van der Waals surface area contributed by atoms with Crippen molar-refractivity contribution in [2.75, 3.05) is 0 Å². The molecular weight excluding hydrogens is 321 g/mol. The van der Waals surface area contributed by atoms with Gasteiger partial charge in [-0.1, -0.05) is 35.9 Å². The maximum Gasteiger partial charge on any atom is -0.00639 e. The van der Waals surface area contributed by atoms with E-state index < -0.39 is 0 Å². The Balaban J connectivity index is 2.38. The first-order chi connectivity index (χ1) is 10.6. The molecular formula is C19H23P3. The van der Waals surface area contributed by atoms with Gasteiger partial charge in [0.05, 0.1) is 0 Å². The lowest BCUT2D eigenvalue weighted by atomic mass is 9.94. The van der Waals surface area contributed by atoms with Crippen LogP contribution in [0.4, 0.5) is 0 Å². The minimum atomic E-state index is 1.00. The van der Waals surface area contributed by atoms with Crippen molar-refractivity contribution in [2.24, 2.45) is 0 Å². The molecule has 0 heterocycles. The van der Waals surface area contributed by atoms with Gasteiger partial charge in [0.1, 0.15) is 0 Å². The molecule has 3 unspecified atom stereocenters. The fourth-order valence-electron chi connectivity index (χ4n) is 3.37. The summed E-state index contributed by atoms with van der Waals surface area (Å²) in [6.07, 6.45) is 3.02. The van der Waals surface area contributed by atoms with Gasteiger partial charge in [0.25, 0.3) is 0 Å². The summed E-state index contributed by atoms with van der Waals surface area (Å²) in [5, 5.41) is 0. The first kappa shape index (κ1) is 16.3. The maximum atomic E-state index is 2.90. The van der Waals surface area contributed by atoms with Gasteiger partial charge in [-0.25, -0.2) is 0 Å². The molecule has 0 nitrogen and oxygen atoms in total. The zero-order valence-corrected chi connectivity index (χ0v) is 16.7. The summed E-state index contributed by atoms with van der Waals surface area (Å²) in [5.41, 5.74) is 12.7. The highest BCUT2D eigenvalue weighted by Gasteiger charge is 2.27. The Labute approximate surface area is 140 Å². The third kappa shape index (κ3) is 2.61. The van der Waals surface area contributed by atoms with Crippen molar-refractivity contribution in [2.45, 2.75) is 32.3 Å². The molecule has 0 saturated heterocycles. The standard InChI is InChI=1S/C19H23P3/c1-11(2)18-16-6-12(8-20)3-4-15(16)17-7-13(9-21)5-14(10-22)19(17)18/h3-7H,8-10,20-22H2,1-2H3. The number of hydrogen-bond acceptors (Lipinski definition) is 0. The predicted octanol–water partition coefficient (Wildman–Crippen LogP) is 5.63. The van der Waals surface area contributed by atoms with Crippen molar-refractivity contribution in [3.05, 3.63) is 63.7 Å². The van der Waals surface area contributed by atoms with Gasteiger partial charge in [-0.15, -0.1) is 27.7 Å². The lowest BCUT2D eigenvalue weighted by Crippen LogP contribution is -1.93. The zero-order valence-electron chi connectivity index (χ0n) is 13.2. The molecule has 2 aromatic carbocycles. The predicted molar refractivity (Wildman–Crippen MR) is 109 cm³/mol. The van der Waals surface area contributed by atoms with Crippen molar-refractivity contribution < 1.29 is 0 Å². The molecule has 0 radical (unpaired) electrons. The van der Waals surface area contributed by atoms with E-state index in [1.165, 1.54) is 50.1 Å². The van der Waals surface area contributed by atoms with Gasteiger partial charge in [0, 0.05) is 0 Å². The monoisotopic (exact) mass is 344 g/mol. The van der Waals surface area contributed by atoms with Crippen LogP contribution < -0.4 is 0 Å². The van der Waals surface area contributed by atoms with Gasteiger partial charge in [0.2, 0.25) is 0 Å². The van der Waals surface area contributed by atoms with E-state index in [9.17, 15) is 0 Å². The van der Waals surface area contributed by atoms with Gasteiger partial charge in [-0.2, -0.15) is 0 Å². The van der Waals surface area contributed by atoms with E-state index >= 15 is 0 Å². The molecule has 1 aliphatic rings. The lowest BCUT2D eigenvalue weighted by molar-refractivity contribution is 1.31. The Kier molecular flexibility index (Phi) is 4.85. The first-order valence-electron chi connectivity index (χ1n) is 7.68. The number of fused-ring (bicyclic) bond motifs is 3. The highest BCUT2D eigenvalue weighted by atomic mass is 31.0. The summed E-state index contributed by atoms with van der Waals surface area (Å²) in [5.74, 6) is 0. The summed E-state index contributed by atoms with van der Waals surface area (Å²) in [4.78, 5) is 0. The maximum absolute atomic E-state index is 2.90. The summed E-state index contributed by atoms with van der Waals surface area (Å²) in [6, 6.07) is 11.7. The Hall–Kier alpha value is -0.530. The number of hydrogen-bond donors (Lipinski definition) is 0. The molecule has 0 bridgehead atoms. The second-order valence-electron chi connectivity index (χ2n) is 6.04. The molecule has 3 rings (SSSR count). The highest BCUT2D eigenvalue weighted by Crippen LogP contribution is 2.48. The highest BCUT2D eigenvalue weighted by molar-refractivity contribution is 7.15. The number of benzene rings is 2. The Morgan fingerprint density at radius 1 is 0.773 bits per heavy atom. The molecule has 0 saturated carbocycles. The minimum Gasteiger partial charge on any atom is -0.133 e. The molecule has 0 aromatic heterocycles. The Morgan fingerprint density at radius 2 is 1.45 bits per heavy atom. The van der Waals surface area contributed by atoms with Crippen LogP contribution in [-0.2, 0) is 18.5 Å². The Bertz CT molecular complexity index is 768. The van der Waals surface area contributed by atoms with E-state index in [4.69, 9.17) is 0 Å². The van der Waals surface area contributed by atoms with E-state index in [-0.39, 0.29) is 0 Å². The van der Waals surface area contributed by atoms with Crippen LogP contribution in [0.25, 0.3) is 16.7 Å². The van der Waals surface area contributed by atoms with Gasteiger partial charge in [0.15, 0.2) is 0 Å². The van der Waals surface area contributed by atoms with E-state index in [0.29, 0.717) is 0 Å². The molecule has 114 valence electrons. The summed E-state index contributed by atoms with van der Waals surface area (Å²) in [6.45, 7) is 4.47. The van der Waals surface area contributed by atoms with Crippen LogP contribution in [0, 0.1) is 0 Å². The summed E-state index contributed by atoms with van der Waals surface area (Å²) < 4.78 is 0. The third-order valence-corrected chi connectivity index (χ3v) is 5.75. The van der Waals surface area contributed by atoms with Crippen molar-refractivity contribution in [1.82, 2.24) is 0 Å². The molecule has 0 amide bonds. The van der Waals surface area contributed by atoms with Crippen LogP contribution in [0.15, 0.2) is 35.9 Å². The van der Waals surface area contributed by atoms with Crippen LogP contribution in [0.5, 0.6) is 0 Å². The van der Waals surface area contributed by atoms with Crippen molar-refractivity contribution in [3.8, 4) is 11.1 Å². The normalized spacial score (nSPS) is 12.3. The SMILES string of the molecule is CC(C)=C1c2cc(CP)ccc2-c2cc(CP)cc(CP)c21. The van der Waals surface area contributed by atoms with Crippen LogP contribution in [-0.4, -0.2) is 0 Å². The fraction of sp³-hybridized carbons (Fsp3) is 0.263. The second kappa shape index (κ2) is 6.53.